The third-order valence-corrected chi connectivity index (χ3v) is 3.59. The van der Waals surface area contributed by atoms with E-state index >= 15 is 0 Å². The van der Waals surface area contributed by atoms with Crippen LogP contribution < -0.4 is 19.5 Å². The molecule has 1 N–H and O–H groups in total. The summed E-state index contributed by atoms with van der Waals surface area (Å²) in [4.78, 5) is 12.6. The standard InChI is InChI=1S/C19H17NO4/c1-22-15-7-8-16(18(12-15)23-2)20-19(21)14-9-10-24-17-6-4-3-5-13(17)11-14/h3-12H,1-2H3,(H,20,21). The average Bonchev–Trinajstić information content (AvgIpc) is 2.84. The maximum atomic E-state index is 12.6. The number of hydrogen-bond acceptors (Lipinski definition) is 4. The van der Waals surface area contributed by atoms with Gasteiger partial charge in [0.05, 0.1) is 26.2 Å². The molecule has 0 aliphatic carbocycles. The molecule has 0 fully saturated rings. The van der Waals surface area contributed by atoms with Crippen LogP contribution in [0.25, 0.3) is 6.08 Å². The van der Waals surface area contributed by atoms with Gasteiger partial charge < -0.3 is 19.5 Å². The van der Waals surface area contributed by atoms with E-state index < -0.39 is 0 Å². The van der Waals surface area contributed by atoms with Gasteiger partial charge in [0.15, 0.2) is 0 Å². The zero-order valence-electron chi connectivity index (χ0n) is 13.4. The fourth-order valence-corrected chi connectivity index (χ4v) is 2.34. The number of benzene rings is 2. The summed E-state index contributed by atoms with van der Waals surface area (Å²) in [6.07, 6.45) is 4.91. The number of amides is 1. The van der Waals surface area contributed by atoms with Crippen molar-refractivity contribution in [3.05, 3.63) is 65.9 Å². The highest BCUT2D eigenvalue weighted by Crippen LogP contribution is 2.30. The smallest absolute Gasteiger partial charge is 0.255 e. The second-order valence-corrected chi connectivity index (χ2v) is 5.08. The first-order valence-electron chi connectivity index (χ1n) is 7.38. The first kappa shape index (κ1) is 15.7. The molecule has 0 atom stereocenters. The largest absolute Gasteiger partial charge is 0.497 e. The number of ether oxygens (including phenoxy) is 3. The predicted octanol–water partition coefficient (Wildman–Crippen LogP) is 3.63. The van der Waals surface area contributed by atoms with Crippen molar-refractivity contribution in [2.45, 2.75) is 0 Å². The molecular weight excluding hydrogens is 306 g/mol. The van der Waals surface area contributed by atoms with Crippen molar-refractivity contribution in [2.75, 3.05) is 19.5 Å². The van der Waals surface area contributed by atoms with Crippen LogP contribution in [0, 0.1) is 0 Å². The Balaban J connectivity index is 1.86. The van der Waals surface area contributed by atoms with Gasteiger partial charge in [-0.05, 0) is 30.4 Å². The molecule has 5 heteroatoms. The first-order valence-corrected chi connectivity index (χ1v) is 7.38. The van der Waals surface area contributed by atoms with E-state index in [2.05, 4.69) is 5.32 Å². The van der Waals surface area contributed by atoms with Gasteiger partial charge in [-0.25, -0.2) is 0 Å². The first-order chi connectivity index (χ1) is 11.7. The van der Waals surface area contributed by atoms with Gasteiger partial charge in [0.2, 0.25) is 0 Å². The van der Waals surface area contributed by atoms with Crippen LogP contribution in [0.1, 0.15) is 5.56 Å². The fraction of sp³-hybridized carbons (Fsp3) is 0.105. The highest BCUT2D eigenvalue weighted by Gasteiger charge is 2.14. The monoisotopic (exact) mass is 323 g/mol. The molecule has 122 valence electrons. The van der Waals surface area contributed by atoms with Crippen molar-refractivity contribution in [1.82, 2.24) is 0 Å². The van der Waals surface area contributed by atoms with Crippen molar-refractivity contribution in [3.8, 4) is 17.2 Å². The summed E-state index contributed by atoms with van der Waals surface area (Å²) in [5.74, 6) is 1.63. The summed E-state index contributed by atoms with van der Waals surface area (Å²) in [5, 5.41) is 2.85. The van der Waals surface area contributed by atoms with E-state index in [1.807, 2.05) is 24.3 Å². The molecule has 0 spiro atoms. The van der Waals surface area contributed by atoms with Gasteiger partial charge >= 0.3 is 0 Å². The van der Waals surface area contributed by atoms with Crippen molar-refractivity contribution < 1.29 is 19.0 Å². The Morgan fingerprint density at radius 2 is 1.92 bits per heavy atom. The molecule has 1 heterocycles. The molecule has 0 saturated heterocycles. The molecular formula is C19H17NO4. The highest BCUT2D eigenvalue weighted by atomic mass is 16.5. The second kappa shape index (κ2) is 6.91. The topological polar surface area (TPSA) is 56.8 Å². The number of nitrogens with one attached hydrogen (secondary N) is 1. The van der Waals surface area contributed by atoms with Crippen molar-refractivity contribution in [2.24, 2.45) is 0 Å². The van der Waals surface area contributed by atoms with Gasteiger partial charge in [0.25, 0.3) is 5.91 Å². The summed E-state index contributed by atoms with van der Waals surface area (Å²) >= 11 is 0. The molecule has 24 heavy (non-hydrogen) atoms. The Hall–Kier alpha value is -3.21. The minimum atomic E-state index is -0.255. The molecule has 1 aliphatic heterocycles. The van der Waals surface area contributed by atoms with Crippen molar-refractivity contribution in [1.29, 1.82) is 0 Å². The van der Waals surface area contributed by atoms with Gasteiger partial charge in [-0.2, -0.15) is 0 Å². The number of rotatable bonds is 4. The molecule has 0 bridgehead atoms. The van der Waals surface area contributed by atoms with Crippen LogP contribution in [0.4, 0.5) is 5.69 Å². The summed E-state index contributed by atoms with van der Waals surface area (Å²) < 4.78 is 16.0. The molecule has 3 rings (SSSR count). The van der Waals surface area contributed by atoms with Gasteiger partial charge in [0.1, 0.15) is 17.2 Å². The van der Waals surface area contributed by atoms with Gasteiger partial charge in [-0.3, -0.25) is 4.79 Å². The number of carbonyl (C=O) groups is 1. The molecule has 2 aromatic carbocycles. The van der Waals surface area contributed by atoms with Crippen LogP contribution in [0.2, 0.25) is 0 Å². The van der Waals surface area contributed by atoms with Gasteiger partial charge in [0, 0.05) is 17.2 Å². The number of methoxy groups -OCH3 is 2. The molecule has 0 radical (unpaired) electrons. The molecule has 0 saturated carbocycles. The van der Waals surface area contributed by atoms with E-state index in [0.717, 1.165) is 5.56 Å². The summed E-state index contributed by atoms with van der Waals surface area (Å²) in [5.41, 5.74) is 1.89. The Morgan fingerprint density at radius 1 is 1.08 bits per heavy atom. The van der Waals surface area contributed by atoms with Crippen LogP contribution in [-0.2, 0) is 4.79 Å². The Labute approximate surface area is 140 Å². The lowest BCUT2D eigenvalue weighted by Gasteiger charge is -2.11. The lowest BCUT2D eigenvalue weighted by molar-refractivity contribution is -0.112. The number of fused-ring (bicyclic) bond motifs is 1. The molecule has 5 nitrogen and oxygen atoms in total. The average molecular weight is 323 g/mol. The third kappa shape index (κ3) is 3.25. The van der Waals surface area contributed by atoms with E-state index in [1.165, 1.54) is 6.26 Å². The molecule has 2 aromatic rings. The van der Waals surface area contributed by atoms with Crippen LogP contribution in [-0.4, -0.2) is 20.1 Å². The van der Waals surface area contributed by atoms with Gasteiger partial charge in [-0.1, -0.05) is 18.2 Å². The normalized spacial score (nSPS) is 12.3. The van der Waals surface area contributed by atoms with Crippen LogP contribution in [0.3, 0.4) is 0 Å². The molecule has 1 aliphatic rings. The maximum Gasteiger partial charge on any atom is 0.255 e. The lowest BCUT2D eigenvalue weighted by Crippen LogP contribution is -2.13. The maximum absolute atomic E-state index is 12.6. The zero-order valence-corrected chi connectivity index (χ0v) is 13.4. The fourth-order valence-electron chi connectivity index (χ4n) is 2.34. The van der Waals surface area contributed by atoms with Crippen molar-refractivity contribution in [3.63, 3.8) is 0 Å². The van der Waals surface area contributed by atoms with Gasteiger partial charge in [-0.15, -0.1) is 0 Å². The highest BCUT2D eigenvalue weighted by molar-refractivity contribution is 6.09. The van der Waals surface area contributed by atoms with Crippen LogP contribution in [0.15, 0.2) is 60.4 Å². The third-order valence-electron chi connectivity index (χ3n) is 3.59. The number of para-hydroxylation sites is 1. The van der Waals surface area contributed by atoms with Crippen LogP contribution in [0.5, 0.6) is 17.2 Å². The predicted molar refractivity (Wildman–Crippen MR) is 92.4 cm³/mol. The number of carbonyl (C=O) groups excluding carboxylic acids is 1. The molecule has 0 aromatic heterocycles. The van der Waals surface area contributed by atoms with E-state index in [9.17, 15) is 4.79 Å². The molecule has 0 unspecified atom stereocenters. The minimum absolute atomic E-state index is 0.255. The number of hydrogen-bond donors (Lipinski definition) is 1. The Morgan fingerprint density at radius 3 is 2.71 bits per heavy atom. The summed E-state index contributed by atoms with van der Waals surface area (Å²) in [6, 6.07) is 12.7. The van der Waals surface area contributed by atoms with E-state index in [0.29, 0.717) is 28.5 Å². The summed E-state index contributed by atoms with van der Waals surface area (Å²) in [7, 11) is 3.12. The van der Waals surface area contributed by atoms with E-state index in [1.54, 1.807) is 44.6 Å². The van der Waals surface area contributed by atoms with Crippen molar-refractivity contribution >= 4 is 17.7 Å². The molecule has 1 amide bonds. The zero-order chi connectivity index (χ0) is 16.9. The second-order valence-electron chi connectivity index (χ2n) is 5.08. The minimum Gasteiger partial charge on any atom is -0.497 e. The summed E-state index contributed by atoms with van der Waals surface area (Å²) in [6.45, 7) is 0. The van der Waals surface area contributed by atoms with E-state index in [4.69, 9.17) is 14.2 Å². The Bertz CT molecular complexity index is 824. The van der Waals surface area contributed by atoms with Crippen LogP contribution >= 0.6 is 0 Å². The number of anilines is 1. The lowest BCUT2D eigenvalue weighted by atomic mass is 10.1. The quantitative estimate of drug-likeness (QED) is 0.933. The van der Waals surface area contributed by atoms with E-state index in [-0.39, 0.29) is 5.91 Å². The SMILES string of the molecule is COc1ccc(NC(=O)C2=Cc3ccccc3OC=C2)c(OC)c1. The Kier molecular flexibility index (Phi) is 4.52.